The van der Waals surface area contributed by atoms with Gasteiger partial charge in [-0.05, 0) is 66.8 Å². The predicted octanol–water partition coefficient (Wildman–Crippen LogP) is 5.80. The van der Waals surface area contributed by atoms with Crippen molar-refractivity contribution in [2.24, 2.45) is 0 Å². The van der Waals surface area contributed by atoms with Gasteiger partial charge >= 0.3 is 0 Å². The van der Waals surface area contributed by atoms with Gasteiger partial charge in [0, 0.05) is 18.5 Å². The number of anilines is 1. The minimum atomic E-state index is 0.559. The molecule has 5 heteroatoms. The van der Waals surface area contributed by atoms with E-state index in [4.69, 9.17) is 14.6 Å². The monoisotopic (exact) mass is 439 g/mol. The second-order valence-electron chi connectivity index (χ2n) is 8.37. The summed E-state index contributed by atoms with van der Waals surface area (Å²) in [5.74, 6) is 2.84. The average molecular weight is 440 g/mol. The molecule has 0 saturated carbocycles. The first-order chi connectivity index (χ1) is 16.3. The van der Waals surface area contributed by atoms with Crippen molar-refractivity contribution >= 4 is 5.82 Å². The van der Waals surface area contributed by atoms with Crippen molar-refractivity contribution in [2.45, 2.75) is 32.3 Å². The number of aromatic nitrogens is 2. The van der Waals surface area contributed by atoms with Crippen molar-refractivity contribution in [3.05, 3.63) is 101 Å². The smallest absolute Gasteiger partial charge is 0.133 e. The Bertz CT molecular complexity index is 1200. The van der Waals surface area contributed by atoms with E-state index in [0.717, 1.165) is 53.6 Å². The van der Waals surface area contributed by atoms with E-state index in [1.54, 1.807) is 7.11 Å². The number of fused-ring (bicyclic) bond motifs is 1. The minimum Gasteiger partial charge on any atom is -0.497 e. The summed E-state index contributed by atoms with van der Waals surface area (Å²) in [5.41, 5.74) is 5.84. The number of nitrogens with zero attached hydrogens (tertiary/aromatic N) is 2. The molecule has 2 heterocycles. The fourth-order valence-corrected chi connectivity index (χ4v) is 4.30. The average Bonchev–Trinajstić information content (AvgIpc) is 3.03. The molecule has 1 N–H and O–H groups in total. The molecule has 4 aromatic rings. The first-order valence-electron chi connectivity index (χ1n) is 11.5. The standard InChI is InChI=1S/C28H29N3O2/c1-32-25-11-7-10-22(18-25)19-27-26-12-5-6-17-29-28(26)31(30-27)23-13-15-24(16-14-23)33-20-21-8-3-2-4-9-21/h2-4,7-11,13-16,18,29H,5-6,12,17,19-20H2,1H3. The summed E-state index contributed by atoms with van der Waals surface area (Å²) >= 11 is 0. The lowest BCUT2D eigenvalue weighted by Crippen LogP contribution is -2.07. The van der Waals surface area contributed by atoms with Gasteiger partial charge in [0.1, 0.15) is 23.9 Å². The van der Waals surface area contributed by atoms with Crippen LogP contribution >= 0.6 is 0 Å². The van der Waals surface area contributed by atoms with Crippen molar-refractivity contribution in [1.29, 1.82) is 0 Å². The number of hydrogen-bond acceptors (Lipinski definition) is 4. The fraction of sp³-hybridized carbons (Fsp3) is 0.250. The number of methoxy groups -OCH3 is 1. The Balaban J connectivity index is 1.40. The molecule has 5 nitrogen and oxygen atoms in total. The van der Waals surface area contributed by atoms with Crippen molar-refractivity contribution in [3.8, 4) is 17.2 Å². The molecule has 0 atom stereocenters. The highest BCUT2D eigenvalue weighted by atomic mass is 16.5. The third-order valence-corrected chi connectivity index (χ3v) is 6.05. The minimum absolute atomic E-state index is 0.559. The maximum atomic E-state index is 5.96. The van der Waals surface area contributed by atoms with Crippen LogP contribution in [0.5, 0.6) is 11.5 Å². The Kier molecular flexibility index (Phi) is 6.29. The molecule has 1 aliphatic heterocycles. The summed E-state index contributed by atoms with van der Waals surface area (Å²) in [6.07, 6.45) is 4.16. The van der Waals surface area contributed by atoms with Crippen molar-refractivity contribution in [2.75, 3.05) is 19.0 Å². The van der Waals surface area contributed by atoms with Crippen LogP contribution in [0.15, 0.2) is 78.9 Å². The van der Waals surface area contributed by atoms with Gasteiger partial charge in [-0.2, -0.15) is 5.10 Å². The van der Waals surface area contributed by atoms with Gasteiger partial charge in [-0.1, -0.05) is 42.5 Å². The summed E-state index contributed by atoms with van der Waals surface area (Å²) in [7, 11) is 1.71. The molecule has 33 heavy (non-hydrogen) atoms. The van der Waals surface area contributed by atoms with Gasteiger partial charge < -0.3 is 14.8 Å². The highest BCUT2D eigenvalue weighted by Crippen LogP contribution is 2.30. The molecule has 0 fully saturated rings. The summed E-state index contributed by atoms with van der Waals surface area (Å²) in [5, 5.41) is 8.68. The normalized spacial score (nSPS) is 13.0. The summed E-state index contributed by atoms with van der Waals surface area (Å²) in [4.78, 5) is 0. The van der Waals surface area contributed by atoms with Crippen LogP contribution in [0.4, 0.5) is 5.82 Å². The Morgan fingerprint density at radius 1 is 0.879 bits per heavy atom. The maximum Gasteiger partial charge on any atom is 0.133 e. The topological polar surface area (TPSA) is 48.3 Å². The summed E-state index contributed by atoms with van der Waals surface area (Å²) in [6.45, 7) is 1.53. The Labute approximate surface area is 195 Å². The zero-order valence-corrected chi connectivity index (χ0v) is 19.0. The van der Waals surface area contributed by atoms with E-state index in [0.29, 0.717) is 6.61 Å². The highest BCUT2D eigenvalue weighted by molar-refractivity contribution is 5.55. The third kappa shape index (κ3) is 4.87. The van der Waals surface area contributed by atoms with E-state index >= 15 is 0 Å². The van der Waals surface area contributed by atoms with Gasteiger partial charge in [0.2, 0.25) is 0 Å². The molecular formula is C28H29N3O2. The molecule has 0 spiro atoms. The van der Waals surface area contributed by atoms with E-state index in [1.807, 2.05) is 42.5 Å². The first-order valence-corrected chi connectivity index (χ1v) is 11.5. The lowest BCUT2D eigenvalue weighted by atomic mass is 10.0. The number of rotatable bonds is 7. The number of hydrogen-bond donors (Lipinski definition) is 1. The summed E-state index contributed by atoms with van der Waals surface area (Å²) in [6, 6.07) is 26.7. The lowest BCUT2D eigenvalue weighted by Gasteiger charge is -2.11. The Morgan fingerprint density at radius 2 is 1.70 bits per heavy atom. The quantitative estimate of drug-likeness (QED) is 0.395. The van der Waals surface area contributed by atoms with E-state index in [1.165, 1.54) is 24.0 Å². The van der Waals surface area contributed by atoms with Crippen LogP contribution in [-0.4, -0.2) is 23.4 Å². The van der Waals surface area contributed by atoms with E-state index in [9.17, 15) is 0 Å². The molecule has 1 aromatic heterocycles. The number of nitrogens with one attached hydrogen (secondary N) is 1. The zero-order valence-electron chi connectivity index (χ0n) is 19.0. The SMILES string of the molecule is COc1cccc(Cc2nn(-c3ccc(OCc4ccccc4)cc3)c3c2CCCCN3)c1. The predicted molar refractivity (Wildman–Crippen MR) is 132 cm³/mol. The van der Waals surface area contributed by atoms with Crippen LogP contribution in [0.25, 0.3) is 5.69 Å². The van der Waals surface area contributed by atoms with E-state index < -0.39 is 0 Å². The molecule has 168 valence electrons. The van der Waals surface area contributed by atoms with Crippen LogP contribution in [-0.2, 0) is 19.4 Å². The highest BCUT2D eigenvalue weighted by Gasteiger charge is 2.21. The first kappa shape index (κ1) is 21.1. The molecule has 1 aliphatic rings. The molecule has 5 rings (SSSR count). The van der Waals surface area contributed by atoms with Gasteiger partial charge in [-0.15, -0.1) is 0 Å². The van der Waals surface area contributed by atoms with Crippen LogP contribution in [0, 0.1) is 0 Å². The maximum absolute atomic E-state index is 5.96. The van der Waals surface area contributed by atoms with Gasteiger partial charge in [0.05, 0.1) is 18.5 Å². The molecule has 0 saturated heterocycles. The van der Waals surface area contributed by atoms with Crippen LogP contribution < -0.4 is 14.8 Å². The number of ether oxygens (including phenoxy) is 2. The Morgan fingerprint density at radius 3 is 2.52 bits per heavy atom. The summed E-state index contributed by atoms with van der Waals surface area (Å²) < 4.78 is 13.4. The van der Waals surface area contributed by atoms with E-state index in [2.05, 4.69) is 46.4 Å². The third-order valence-electron chi connectivity index (χ3n) is 6.05. The van der Waals surface area contributed by atoms with Crippen molar-refractivity contribution in [3.63, 3.8) is 0 Å². The lowest BCUT2D eigenvalue weighted by molar-refractivity contribution is 0.306. The molecule has 3 aromatic carbocycles. The van der Waals surface area contributed by atoms with Gasteiger partial charge in [0.15, 0.2) is 0 Å². The molecule has 0 radical (unpaired) electrons. The van der Waals surface area contributed by atoms with E-state index in [-0.39, 0.29) is 0 Å². The molecule has 0 aliphatic carbocycles. The Hall–Kier alpha value is -3.73. The van der Waals surface area contributed by atoms with Gasteiger partial charge in [-0.25, -0.2) is 4.68 Å². The second kappa shape index (κ2) is 9.82. The van der Waals surface area contributed by atoms with Crippen molar-refractivity contribution in [1.82, 2.24) is 9.78 Å². The fourth-order valence-electron chi connectivity index (χ4n) is 4.30. The largest absolute Gasteiger partial charge is 0.497 e. The van der Waals surface area contributed by atoms with Gasteiger partial charge in [-0.3, -0.25) is 0 Å². The number of benzene rings is 3. The van der Waals surface area contributed by atoms with Crippen LogP contribution in [0.3, 0.4) is 0 Å². The van der Waals surface area contributed by atoms with Crippen molar-refractivity contribution < 1.29 is 9.47 Å². The molecular weight excluding hydrogens is 410 g/mol. The molecule has 0 unspecified atom stereocenters. The second-order valence-corrected chi connectivity index (χ2v) is 8.37. The van der Waals surface area contributed by atoms with Gasteiger partial charge in [0.25, 0.3) is 0 Å². The van der Waals surface area contributed by atoms with Crippen LogP contribution in [0.1, 0.15) is 35.2 Å². The zero-order chi connectivity index (χ0) is 22.5. The molecule has 0 bridgehead atoms. The van der Waals surface area contributed by atoms with Crippen LogP contribution in [0.2, 0.25) is 0 Å². The molecule has 0 amide bonds.